The number of nitrogen functional groups attached to an aromatic ring is 2. The maximum absolute atomic E-state index is 13.7. The Bertz CT molecular complexity index is 2890. The highest BCUT2D eigenvalue weighted by Crippen LogP contribution is 2.31. The van der Waals surface area contributed by atoms with E-state index in [0.717, 1.165) is 41.9 Å². The summed E-state index contributed by atoms with van der Waals surface area (Å²) >= 11 is 0. The molecule has 9 heterocycles. The maximum Gasteiger partial charge on any atom is 0.327 e. The zero-order chi connectivity index (χ0) is 51.8. The summed E-state index contributed by atoms with van der Waals surface area (Å²) in [7, 11) is 5.80. The zero-order valence-electron chi connectivity index (χ0n) is 41.5. The van der Waals surface area contributed by atoms with Gasteiger partial charge in [-0.15, -0.1) is 10.2 Å². The standard InChI is InChI=1S/C16H19FN6O.2C16H21N7O/c1-11-6-9-22(14(24)5-7-18)10-13(11)21(2)15-12-4-3-8-23(12)20-16(17)19-15;1-11-6-8-22(15(24)5-7-17)9-13(11)21(2)16-12-3-4-14(18)23(12)20-10-19-16;1-11-6-9-22(14(24)5-7-17)10-13(11)21(2)15-12-4-3-8-23(12)20-16(18)19-15/h3-4,8,11,13H,5-6,9-10H2,1-2H3;3-4,10-11,13H,5-6,8-9,18H2,1-2H3;3-4,8,11,13H,5-6,9-10H2,1-2H3,(H2,18,20)/t3*11-,13+/m111/s1. The van der Waals surface area contributed by atoms with Gasteiger partial charge in [0.1, 0.15) is 48.0 Å². The summed E-state index contributed by atoms with van der Waals surface area (Å²) in [5.41, 5.74) is 14.2. The van der Waals surface area contributed by atoms with Crippen LogP contribution in [0.5, 0.6) is 0 Å². The Balaban J connectivity index is 0.000000158. The molecular formula is C48H61FN20O3. The molecule has 3 saturated heterocycles. The van der Waals surface area contributed by atoms with Crippen LogP contribution in [0, 0.1) is 57.8 Å². The number of likely N-dealkylation sites (tertiary alicyclic amines) is 3. The maximum atomic E-state index is 13.7. The molecule has 6 atom stereocenters. The minimum atomic E-state index is -0.790. The second-order valence-corrected chi connectivity index (χ2v) is 18.7. The lowest BCUT2D eigenvalue weighted by Crippen LogP contribution is -2.52. The van der Waals surface area contributed by atoms with E-state index in [1.807, 2.05) is 74.7 Å². The van der Waals surface area contributed by atoms with Gasteiger partial charge in [0.15, 0.2) is 17.5 Å². The van der Waals surface area contributed by atoms with Crippen LogP contribution < -0.4 is 26.2 Å². The molecule has 0 saturated carbocycles. The average Bonchev–Trinajstić information content (AvgIpc) is 4.14. The molecule has 3 aliphatic rings. The number of nitriles is 3. The number of fused-ring (bicyclic) bond motifs is 3. The van der Waals surface area contributed by atoms with Crippen LogP contribution in [0.1, 0.15) is 59.3 Å². The first-order chi connectivity index (χ1) is 34.5. The monoisotopic (exact) mass is 985 g/mol. The third-order valence-corrected chi connectivity index (χ3v) is 14.2. The minimum absolute atomic E-state index is 0.00519. The summed E-state index contributed by atoms with van der Waals surface area (Å²) in [5.74, 6) is 3.53. The van der Waals surface area contributed by atoms with Crippen molar-refractivity contribution in [2.75, 3.05) is 86.6 Å². The molecule has 6 aromatic rings. The van der Waals surface area contributed by atoms with Gasteiger partial charge in [0.2, 0.25) is 23.7 Å². The summed E-state index contributed by atoms with van der Waals surface area (Å²) < 4.78 is 18.6. The number of carbonyl (C=O) groups is 3. The lowest BCUT2D eigenvalue weighted by atomic mass is 9.92. The van der Waals surface area contributed by atoms with Crippen molar-refractivity contribution < 1.29 is 18.8 Å². The summed E-state index contributed by atoms with van der Waals surface area (Å²) in [6.07, 6.45) is 6.56. The van der Waals surface area contributed by atoms with E-state index in [2.05, 4.69) is 60.8 Å². The highest BCUT2D eigenvalue weighted by atomic mass is 19.1. The molecule has 0 bridgehead atoms. The van der Waals surface area contributed by atoms with E-state index in [-0.39, 0.29) is 61.1 Å². The van der Waals surface area contributed by atoms with Gasteiger partial charge in [0.25, 0.3) is 0 Å². The van der Waals surface area contributed by atoms with Crippen LogP contribution in [-0.2, 0) is 14.4 Å². The van der Waals surface area contributed by atoms with Crippen molar-refractivity contribution in [1.82, 2.24) is 58.5 Å². The normalized spacial score (nSPS) is 20.8. The number of piperidine rings is 3. The quantitative estimate of drug-likeness (QED) is 0.210. The largest absolute Gasteiger partial charge is 0.384 e. The topological polar surface area (TPSA) is 285 Å². The third kappa shape index (κ3) is 11.2. The van der Waals surface area contributed by atoms with Crippen molar-refractivity contribution >= 4 is 63.5 Å². The first kappa shape index (κ1) is 51.5. The molecule has 3 fully saturated rings. The molecule has 0 spiro atoms. The molecule has 24 heteroatoms. The van der Waals surface area contributed by atoms with Crippen LogP contribution in [0.4, 0.5) is 33.6 Å². The Hall–Kier alpha value is -8.33. The van der Waals surface area contributed by atoms with Gasteiger partial charge >= 0.3 is 6.08 Å². The van der Waals surface area contributed by atoms with Gasteiger partial charge in [0, 0.05) is 72.8 Å². The number of hydrogen-bond acceptors (Lipinski definition) is 17. The number of nitrogens with zero attached hydrogens (tertiary/aromatic N) is 18. The van der Waals surface area contributed by atoms with Crippen molar-refractivity contribution in [2.45, 2.75) is 77.4 Å². The Morgan fingerprint density at radius 3 is 1.53 bits per heavy atom. The van der Waals surface area contributed by atoms with E-state index in [1.165, 1.54) is 10.8 Å². The van der Waals surface area contributed by atoms with Crippen molar-refractivity contribution in [3.63, 3.8) is 0 Å². The Morgan fingerprint density at radius 1 is 0.639 bits per heavy atom. The lowest BCUT2D eigenvalue weighted by molar-refractivity contribution is -0.132. The van der Waals surface area contributed by atoms with Crippen LogP contribution in [0.3, 0.4) is 0 Å². The highest BCUT2D eigenvalue weighted by Gasteiger charge is 2.36. The predicted octanol–water partition coefficient (Wildman–Crippen LogP) is 3.25. The lowest BCUT2D eigenvalue weighted by Gasteiger charge is -2.42. The average molecular weight is 985 g/mol. The Kier molecular flexibility index (Phi) is 16.2. The van der Waals surface area contributed by atoms with E-state index in [4.69, 9.17) is 27.3 Å². The summed E-state index contributed by atoms with van der Waals surface area (Å²) in [6.45, 7) is 10.2. The number of aromatic nitrogens is 9. The summed E-state index contributed by atoms with van der Waals surface area (Å²) in [6, 6.07) is 17.1. The second kappa shape index (κ2) is 22.6. The SMILES string of the molecule is C[C@@H]1CCN(C(=O)CC#N)C[C@@H]1N(C)c1nc(F)nn2cccc12.C[C@@H]1CCN(C(=O)CC#N)C[C@@H]1N(C)c1nc(N)nn2cccc12.C[C@@H]1CCN(C(=O)CC#N)C[C@@H]1N(C)c1ncnn2c(N)ccc12. The van der Waals surface area contributed by atoms with Gasteiger partial charge in [-0.25, -0.2) is 18.5 Å². The molecule has 3 aliphatic heterocycles. The molecule has 23 nitrogen and oxygen atoms in total. The number of halogens is 1. The summed E-state index contributed by atoms with van der Waals surface area (Å²) in [5, 5.41) is 38.3. The van der Waals surface area contributed by atoms with Gasteiger partial charge in [-0.05, 0) is 73.4 Å². The molecule has 0 aromatic carbocycles. The second-order valence-electron chi connectivity index (χ2n) is 18.7. The van der Waals surface area contributed by atoms with Gasteiger partial charge in [0.05, 0.1) is 36.3 Å². The molecule has 3 amide bonds. The number of rotatable bonds is 9. The predicted molar refractivity (Wildman–Crippen MR) is 266 cm³/mol. The fraction of sp³-hybridized carbons (Fsp3) is 0.500. The molecule has 0 aliphatic carbocycles. The van der Waals surface area contributed by atoms with Gasteiger partial charge in [-0.2, -0.15) is 35.2 Å². The molecule has 4 N–H and O–H groups in total. The van der Waals surface area contributed by atoms with Crippen LogP contribution >= 0.6 is 0 Å². The number of anilines is 5. The molecule has 6 aromatic heterocycles. The Morgan fingerprint density at radius 2 is 1.07 bits per heavy atom. The van der Waals surface area contributed by atoms with Gasteiger partial charge < -0.3 is 40.9 Å². The van der Waals surface area contributed by atoms with E-state index in [1.54, 1.807) is 42.1 Å². The van der Waals surface area contributed by atoms with E-state index < -0.39 is 6.08 Å². The van der Waals surface area contributed by atoms with Crippen molar-refractivity contribution in [2.24, 2.45) is 17.8 Å². The van der Waals surface area contributed by atoms with E-state index >= 15 is 0 Å². The first-order valence-electron chi connectivity index (χ1n) is 23.9. The number of carbonyl (C=O) groups excluding carboxylic acids is 3. The molecule has 378 valence electrons. The van der Waals surface area contributed by atoms with E-state index in [9.17, 15) is 18.8 Å². The van der Waals surface area contributed by atoms with Crippen molar-refractivity contribution in [3.05, 3.63) is 61.2 Å². The van der Waals surface area contributed by atoms with Crippen LogP contribution in [-0.4, -0.2) is 155 Å². The van der Waals surface area contributed by atoms with Crippen molar-refractivity contribution in [3.8, 4) is 18.2 Å². The van der Waals surface area contributed by atoms with Crippen molar-refractivity contribution in [1.29, 1.82) is 15.8 Å². The fourth-order valence-electron chi connectivity index (χ4n) is 9.91. The molecule has 9 rings (SSSR count). The molecule has 72 heavy (non-hydrogen) atoms. The van der Waals surface area contributed by atoms with Gasteiger partial charge in [-0.1, -0.05) is 20.8 Å². The number of likely N-dealkylation sites (N-methyl/N-ethyl adjacent to an activating group) is 3. The molecule has 0 unspecified atom stereocenters. The Labute approximate surface area is 416 Å². The smallest absolute Gasteiger partial charge is 0.327 e. The van der Waals surface area contributed by atoms with Crippen LogP contribution in [0.25, 0.3) is 16.6 Å². The fourth-order valence-corrected chi connectivity index (χ4v) is 9.91. The first-order valence-corrected chi connectivity index (χ1v) is 23.9. The number of hydrogen-bond donors (Lipinski definition) is 2. The minimum Gasteiger partial charge on any atom is -0.384 e. The van der Waals surface area contributed by atoms with Crippen LogP contribution in [0.2, 0.25) is 0 Å². The molecular weight excluding hydrogens is 924 g/mol. The number of amides is 3. The molecule has 0 radical (unpaired) electrons. The van der Waals surface area contributed by atoms with Crippen LogP contribution in [0.15, 0.2) is 55.1 Å². The number of nitrogens with two attached hydrogens (primary N) is 2. The summed E-state index contributed by atoms with van der Waals surface area (Å²) in [4.78, 5) is 60.3. The van der Waals surface area contributed by atoms with E-state index in [0.29, 0.717) is 74.2 Å². The highest BCUT2D eigenvalue weighted by molar-refractivity contribution is 5.80. The zero-order valence-corrected chi connectivity index (χ0v) is 41.5. The van der Waals surface area contributed by atoms with Gasteiger partial charge in [-0.3, -0.25) is 14.4 Å². The third-order valence-electron chi connectivity index (χ3n) is 14.2.